The maximum atomic E-state index is 11.9. The first-order valence-electron chi connectivity index (χ1n) is 6.80. The second-order valence-corrected chi connectivity index (χ2v) is 4.46. The number of nitrogen functional groups attached to an aromatic ring is 1. The zero-order chi connectivity index (χ0) is 15.2. The normalized spacial score (nSPS) is 10.8. The molecule has 0 aliphatic rings. The highest BCUT2D eigenvalue weighted by Crippen LogP contribution is 2.26. The summed E-state index contributed by atoms with van der Waals surface area (Å²) in [5.41, 5.74) is 7.36. The van der Waals surface area contributed by atoms with Crippen molar-refractivity contribution in [3.63, 3.8) is 0 Å². The lowest BCUT2D eigenvalue weighted by atomic mass is 10.3. The van der Waals surface area contributed by atoms with Crippen molar-refractivity contribution in [2.24, 2.45) is 0 Å². The van der Waals surface area contributed by atoms with Gasteiger partial charge in [-0.3, -0.25) is 4.79 Å². The number of fused-ring (bicyclic) bond motifs is 1. The number of benzene rings is 1. The average molecular weight is 292 g/mol. The van der Waals surface area contributed by atoms with E-state index in [-0.39, 0.29) is 12.5 Å². The van der Waals surface area contributed by atoms with Crippen molar-refractivity contribution >= 4 is 22.9 Å². The van der Waals surface area contributed by atoms with E-state index in [4.69, 9.17) is 15.2 Å². The number of methoxy groups -OCH3 is 1. The Kier molecular flexibility index (Phi) is 4.99. The maximum Gasteiger partial charge on any atom is 0.240 e. The zero-order valence-electron chi connectivity index (χ0n) is 12.3. The van der Waals surface area contributed by atoms with Crippen LogP contribution in [-0.4, -0.2) is 42.3 Å². The molecule has 0 saturated heterocycles. The van der Waals surface area contributed by atoms with Crippen LogP contribution in [0.5, 0.6) is 5.75 Å². The fourth-order valence-electron chi connectivity index (χ4n) is 2.07. The van der Waals surface area contributed by atoms with E-state index in [1.165, 1.54) is 0 Å². The van der Waals surface area contributed by atoms with Gasteiger partial charge < -0.3 is 25.1 Å². The van der Waals surface area contributed by atoms with Crippen molar-refractivity contribution in [2.45, 2.75) is 13.5 Å². The van der Waals surface area contributed by atoms with E-state index < -0.39 is 0 Å². The molecule has 114 valence electrons. The number of carbonyl (C=O) groups excluding carboxylic acids is 1. The number of nitrogens with two attached hydrogens (primary N) is 1. The molecule has 1 amide bonds. The number of ether oxygens (including phenoxy) is 2. The lowest BCUT2D eigenvalue weighted by Gasteiger charge is -2.08. The van der Waals surface area contributed by atoms with Gasteiger partial charge in [0.1, 0.15) is 17.8 Å². The topological polar surface area (TPSA) is 91.4 Å². The predicted molar refractivity (Wildman–Crippen MR) is 80.2 cm³/mol. The standard InChI is InChI=1S/C14H20N4O3/c1-3-21-11-6-4-5-10-13(11)17-14(15)18(10)9-12(19)16-7-8-20-2/h4-6H,3,7-9H2,1-2H3,(H2,15,17)(H,16,19). The summed E-state index contributed by atoms with van der Waals surface area (Å²) in [5.74, 6) is 0.819. The smallest absolute Gasteiger partial charge is 0.240 e. The molecule has 3 N–H and O–H groups in total. The van der Waals surface area contributed by atoms with E-state index in [1.54, 1.807) is 11.7 Å². The molecule has 0 aliphatic heterocycles. The molecule has 0 atom stereocenters. The molecule has 0 saturated carbocycles. The third-order valence-corrected chi connectivity index (χ3v) is 3.00. The Morgan fingerprint density at radius 1 is 1.48 bits per heavy atom. The van der Waals surface area contributed by atoms with Gasteiger partial charge in [-0.1, -0.05) is 6.07 Å². The van der Waals surface area contributed by atoms with Gasteiger partial charge in [0, 0.05) is 13.7 Å². The Morgan fingerprint density at radius 3 is 3.00 bits per heavy atom. The largest absolute Gasteiger partial charge is 0.492 e. The van der Waals surface area contributed by atoms with Crippen LogP contribution in [0.1, 0.15) is 6.92 Å². The monoisotopic (exact) mass is 292 g/mol. The summed E-state index contributed by atoms with van der Waals surface area (Å²) >= 11 is 0. The van der Waals surface area contributed by atoms with Gasteiger partial charge in [0.2, 0.25) is 11.9 Å². The van der Waals surface area contributed by atoms with Gasteiger partial charge in [0.05, 0.1) is 18.7 Å². The van der Waals surface area contributed by atoms with Crippen LogP contribution in [0.15, 0.2) is 18.2 Å². The number of hydrogen-bond acceptors (Lipinski definition) is 5. The number of hydrogen-bond donors (Lipinski definition) is 2. The lowest BCUT2D eigenvalue weighted by Crippen LogP contribution is -2.30. The summed E-state index contributed by atoms with van der Waals surface area (Å²) in [5, 5.41) is 2.75. The number of rotatable bonds is 7. The first-order valence-corrected chi connectivity index (χ1v) is 6.80. The van der Waals surface area contributed by atoms with Crippen LogP contribution in [-0.2, 0) is 16.1 Å². The van der Waals surface area contributed by atoms with Crippen LogP contribution < -0.4 is 15.8 Å². The highest BCUT2D eigenvalue weighted by atomic mass is 16.5. The first kappa shape index (κ1) is 15.1. The summed E-state index contributed by atoms with van der Waals surface area (Å²) in [6.07, 6.45) is 0. The van der Waals surface area contributed by atoms with Gasteiger partial charge in [-0.25, -0.2) is 4.98 Å². The summed E-state index contributed by atoms with van der Waals surface area (Å²) < 4.78 is 12.1. The number of anilines is 1. The van der Waals surface area contributed by atoms with Crippen molar-refractivity contribution < 1.29 is 14.3 Å². The third-order valence-electron chi connectivity index (χ3n) is 3.00. The molecule has 7 nitrogen and oxygen atoms in total. The van der Waals surface area contributed by atoms with Crippen LogP contribution >= 0.6 is 0 Å². The van der Waals surface area contributed by atoms with Crippen molar-refractivity contribution in [3.05, 3.63) is 18.2 Å². The first-order chi connectivity index (χ1) is 10.2. The SMILES string of the molecule is CCOc1cccc2c1nc(N)n2CC(=O)NCCOC. The van der Waals surface area contributed by atoms with E-state index in [0.29, 0.717) is 37.0 Å². The Bertz CT molecular complexity index is 624. The molecule has 21 heavy (non-hydrogen) atoms. The van der Waals surface area contributed by atoms with Gasteiger partial charge in [-0.05, 0) is 19.1 Å². The van der Waals surface area contributed by atoms with Gasteiger partial charge in [-0.15, -0.1) is 0 Å². The molecule has 0 spiro atoms. The van der Waals surface area contributed by atoms with E-state index >= 15 is 0 Å². The molecular weight excluding hydrogens is 272 g/mol. The molecule has 0 unspecified atom stereocenters. The van der Waals surface area contributed by atoms with Crippen LogP contribution in [0.4, 0.5) is 5.95 Å². The molecule has 0 bridgehead atoms. The van der Waals surface area contributed by atoms with E-state index in [9.17, 15) is 4.79 Å². The van der Waals surface area contributed by atoms with Gasteiger partial charge in [0.15, 0.2) is 0 Å². The zero-order valence-corrected chi connectivity index (χ0v) is 12.3. The van der Waals surface area contributed by atoms with Crippen molar-refractivity contribution in [2.75, 3.05) is 32.6 Å². The molecular formula is C14H20N4O3. The second kappa shape index (κ2) is 6.94. The van der Waals surface area contributed by atoms with E-state index in [2.05, 4.69) is 10.3 Å². The van der Waals surface area contributed by atoms with Crippen LogP contribution in [0.3, 0.4) is 0 Å². The molecule has 7 heteroatoms. The third kappa shape index (κ3) is 3.43. The molecule has 2 rings (SSSR count). The molecule has 0 fully saturated rings. The minimum absolute atomic E-state index is 0.113. The van der Waals surface area contributed by atoms with Crippen LogP contribution in [0.25, 0.3) is 11.0 Å². The second-order valence-electron chi connectivity index (χ2n) is 4.46. The van der Waals surface area contributed by atoms with E-state index in [0.717, 1.165) is 5.52 Å². The van der Waals surface area contributed by atoms with E-state index in [1.807, 2.05) is 25.1 Å². The summed E-state index contributed by atoms with van der Waals surface area (Å²) in [4.78, 5) is 16.2. The summed E-state index contributed by atoms with van der Waals surface area (Å²) in [6, 6.07) is 5.55. The number of imidazole rings is 1. The number of nitrogens with zero attached hydrogens (tertiary/aromatic N) is 2. The van der Waals surface area contributed by atoms with Crippen molar-refractivity contribution in [3.8, 4) is 5.75 Å². The Morgan fingerprint density at radius 2 is 2.29 bits per heavy atom. The molecule has 0 radical (unpaired) electrons. The Labute approximate surface area is 123 Å². The minimum atomic E-state index is -0.139. The fraction of sp³-hybridized carbons (Fsp3) is 0.429. The lowest BCUT2D eigenvalue weighted by molar-refractivity contribution is -0.121. The van der Waals surface area contributed by atoms with Crippen LogP contribution in [0.2, 0.25) is 0 Å². The number of aromatic nitrogens is 2. The Hall–Kier alpha value is -2.28. The van der Waals surface area contributed by atoms with Crippen LogP contribution in [0, 0.1) is 0 Å². The Balaban J connectivity index is 2.22. The van der Waals surface area contributed by atoms with Gasteiger partial charge >= 0.3 is 0 Å². The predicted octanol–water partition coefficient (Wildman–Crippen LogP) is 0.780. The average Bonchev–Trinajstić information content (AvgIpc) is 2.77. The molecule has 0 aliphatic carbocycles. The maximum absolute atomic E-state index is 11.9. The minimum Gasteiger partial charge on any atom is -0.492 e. The number of carbonyl (C=O) groups is 1. The van der Waals surface area contributed by atoms with Crippen molar-refractivity contribution in [1.29, 1.82) is 0 Å². The highest BCUT2D eigenvalue weighted by molar-refractivity contribution is 5.86. The number of amides is 1. The quantitative estimate of drug-likeness (QED) is 0.736. The molecule has 1 aromatic carbocycles. The molecule has 2 aromatic rings. The number of para-hydroxylation sites is 1. The van der Waals surface area contributed by atoms with Gasteiger partial charge in [0.25, 0.3) is 0 Å². The summed E-state index contributed by atoms with van der Waals surface area (Å²) in [7, 11) is 1.59. The van der Waals surface area contributed by atoms with Gasteiger partial charge in [-0.2, -0.15) is 0 Å². The molecule has 1 aromatic heterocycles. The summed E-state index contributed by atoms with van der Waals surface area (Å²) in [6.45, 7) is 3.50. The fourth-order valence-corrected chi connectivity index (χ4v) is 2.07. The van der Waals surface area contributed by atoms with Crippen molar-refractivity contribution in [1.82, 2.24) is 14.9 Å². The number of nitrogens with one attached hydrogen (secondary N) is 1. The molecule has 1 heterocycles. The highest BCUT2D eigenvalue weighted by Gasteiger charge is 2.14.